The molecule has 1 heterocycles. The third-order valence-corrected chi connectivity index (χ3v) is 7.07. The van der Waals surface area contributed by atoms with E-state index in [4.69, 9.17) is 0 Å². The summed E-state index contributed by atoms with van der Waals surface area (Å²) in [7, 11) is -3.51. The van der Waals surface area contributed by atoms with Crippen molar-refractivity contribution in [1.82, 2.24) is 9.21 Å². The molecule has 5 nitrogen and oxygen atoms in total. The Labute approximate surface area is 161 Å². The van der Waals surface area contributed by atoms with Gasteiger partial charge in [0.2, 0.25) is 15.9 Å². The number of hydrogen-bond acceptors (Lipinski definition) is 3. The molecule has 6 heteroatoms. The molecule has 2 aromatic carbocycles. The second-order valence-corrected chi connectivity index (χ2v) is 8.95. The van der Waals surface area contributed by atoms with E-state index in [1.54, 1.807) is 17.0 Å². The lowest BCUT2D eigenvalue weighted by Crippen LogP contribution is -2.50. The van der Waals surface area contributed by atoms with Gasteiger partial charge in [0.05, 0.1) is 4.90 Å². The van der Waals surface area contributed by atoms with E-state index < -0.39 is 10.0 Å². The average molecular weight is 387 g/mol. The van der Waals surface area contributed by atoms with Crippen LogP contribution in [0.4, 0.5) is 0 Å². The molecule has 0 unspecified atom stereocenters. The van der Waals surface area contributed by atoms with E-state index in [-0.39, 0.29) is 5.91 Å². The number of rotatable bonds is 5. The SMILES string of the molecule is Cc1ccc(S(=O)(=O)N2CCN(C(=O)CCc3ccccc3)CC2)cc1C. The molecular weight excluding hydrogens is 360 g/mol. The second kappa shape index (κ2) is 8.23. The first-order valence-electron chi connectivity index (χ1n) is 9.27. The van der Waals surface area contributed by atoms with E-state index in [0.717, 1.165) is 16.7 Å². The predicted octanol–water partition coefficient (Wildman–Crippen LogP) is 2.77. The van der Waals surface area contributed by atoms with Crippen LogP contribution in [0.15, 0.2) is 53.4 Å². The number of carbonyl (C=O) groups is 1. The molecule has 0 radical (unpaired) electrons. The molecule has 0 N–H and O–H groups in total. The smallest absolute Gasteiger partial charge is 0.243 e. The van der Waals surface area contributed by atoms with Crippen molar-refractivity contribution >= 4 is 15.9 Å². The zero-order valence-electron chi connectivity index (χ0n) is 15.9. The molecule has 1 aliphatic rings. The second-order valence-electron chi connectivity index (χ2n) is 7.02. The Balaban J connectivity index is 1.57. The Hall–Kier alpha value is -2.18. The number of amides is 1. The van der Waals surface area contributed by atoms with E-state index in [1.165, 1.54) is 4.31 Å². The highest BCUT2D eigenvalue weighted by molar-refractivity contribution is 7.89. The minimum atomic E-state index is -3.51. The minimum absolute atomic E-state index is 0.0853. The van der Waals surface area contributed by atoms with Crippen LogP contribution in [-0.4, -0.2) is 49.7 Å². The molecule has 1 amide bonds. The molecule has 1 aliphatic heterocycles. The lowest BCUT2D eigenvalue weighted by Gasteiger charge is -2.34. The summed E-state index contributed by atoms with van der Waals surface area (Å²) < 4.78 is 27.2. The van der Waals surface area contributed by atoms with Crippen LogP contribution in [0.2, 0.25) is 0 Å². The van der Waals surface area contributed by atoms with Crippen molar-refractivity contribution < 1.29 is 13.2 Å². The fraction of sp³-hybridized carbons (Fsp3) is 0.381. The molecule has 27 heavy (non-hydrogen) atoms. The molecular formula is C21H26N2O3S. The maximum atomic E-state index is 12.9. The first-order valence-corrected chi connectivity index (χ1v) is 10.7. The number of carbonyl (C=O) groups excluding carboxylic acids is 1. The molecule has 2 aromatic rings. The van der Waals surface area contributed by atoms with Gasteiger partial charge in [0, 0.05) is 32.6 Å². The molecule has 1 saturated heterocycles. The van der Waals surface area contributed by atoms with Gasteiger partial charge < -0.3 is 4.90 Å². The Kier molecular flexibility index (Phi) is 5.97. The first kappa shape index (κ1) is 19.6. The van der Waals surface area contributed by atoms with Gasteiger partial charge in [-0.15, -0.1) is 0 Å². The third kappa shape index (κ3) is 4.57. The number of benzene rings is 2. The number of piperazine rings is 1. The Morgan fingerprint density at radius 3 is 2.22 bits per heavy atom. The summed E-state index contributed by atoms with van der Waals surface area (Å²) in [6.07, 6.45) is 1.16. The minimum Gasteiger partial charge on any atom is -0.340 e. The van der Waals surface area contributed by atoms with Crippen LogP contribution in [0.3, 0.4) is 0 Å². The molecule has 3 rings (SSSR count). The summed E-state index contributed by atoms with van der Waals surface area (Å²) in [6, 6.07) is 15.2. The number of sulfonamides is 1. The Morgan fingerprint density at radius 2 is 1.59 bits per heavy atom. The fourth-order valence-electron chi connectivity index (χ4n) is 3.26. The topological polar surface area (TPSA) is 57.7 Å². The summed E-state index contributed by atoms with van der Waals surface area (Å²) >= 11 is 0. The van der Waals surface area contributed by atoms with Gasteiger partial charge in [-0.2, -0.15) is 4.31 Å². The summed E-state index contributed by atoms with van der Waals surface area (Å²) in [6.45, 7) is 5.44. The maximum Gasteiger partial charge on any atom is 0.243 e. The van der Waals surface area contributed by atoms with Crippen LogP contribution >= 0.6 is 0 Å². The van der Waals surface area contributed by atoms with Crippen LogP contribution in [0.25, 0.3) is 0 Å². The lowest BCUT2D eigenvalue weighted by atomic mass is 10.1. The largest absolute Gasteiger partial charge is 0.340 e. The summed E-state index contributed by atoms with van der Waals surface area (Å²) in [5, 5.41) is 0. The van der Waals surface area contributed by atoms with Crippen molar-refractivity contribution in [3.05, 3.63) is 65.2 Å². The van der Waals surface area contributed by atoms with Gasteiger partial charge in [-0.25, -0.2) is 8.42 Å². The van der Waals surface area contributed by atoms with E-state index in [0.29, 0.717) is 43.9 Å². The van der Waals surface area contributed by atoms with Crippen molar-refractivity contribution in [3.63, 3.8) is 0 Å². The molecule has 0 aromatic heterocycles. The van der Waals surface area contributed by atoms with Gasteiger partial charge in [-0.05, 0) is 49.1 Å². The van der Waals surface area contributed by atoms with Gasteiger partial charge in [0.15, 0.2) is 0 Å². The highest BCUT2D eigenvalue weighted by Gasteiger charge is 2.30. The fourth-order valence-corrected chi connectivity index (χ4v) is 4.76. The van der Waals surface area contributed by atoms with Crippen LogP contribution in [0.1, 0.15) is 23.1 Å². The maximum absolute atomic E-state index is 12.9. The first-order chi connectivity index (χ1) is 12.9. The molecule has 0 spiro atoms. The van der Waals surface area contributed by atoms with E-state index >= 15 is 0 Å². The highest BCUT2D eigenvalue weighted by Crippen LogP contribution is 2.20. The lowest BCUT2D eigenvalue weighted by molar-refractivity contribution is -0.132. The molecule has 0 aliphatic carbocycles. The number of hydrogen-bond donors (Lipinski definition) is 0. The van der Waals surface area contributed by atoms with Crippen molar-refractivity contribution in [2.75, 3.05) is 26.2 Å². The van der Waals surface area contributed by atoms with Crippen molar-refractivity contribution in [1.29, 1.82) is 0 Å². The zero-order valence-corrected chi connectivity index (χ0v) is 16.7. The quantitative estimate of drug-likeness (QED) is 0.794. The zero-order chi connectivity index (χ0) is 19.4. The number of nitrogens with zero attached hydrogens (tertiary/aromatic N) is 2. The van der Waals surface area contributed by atoms with E-state index in [9.17, 15) is 13.2 Å². The molecule has 0 saturated carbocycles. The van der Waals surface area contributed by atoms with E-state index in [1.807, 2.05) is 50.2 Å². The van der Waals surface area contributed by atoms with Gasteiger partial charge in [-0.1, -0.05) is 36.4 Å². The highest BCUT2D eigenvalue weighted by atomic mass is 32.2. The van der Waals surface area contributed by atoms with Crippen LogP contribution in [-0.2, 0) is 21.2 Å². The summed E-state index contributed by atoms with van der Waals surface area (Å²) in [5.41, 5.74) is 3.18. The molecule has 0 atom stereocenters. The Bertz CT molecular complexity index is 902. The summed E-state index contributed by atoms with van der Waals surface area (Å²) in [4.78, 5) is 14.5. The average Bonchev–Trinajstić information content (AvgIpc) is 2.69. The number of aryl methyl sites for hydroxylation is 3. The van der Waals surface area contributed by atoms with Gasteiger partial charge >= 0.3 is 0 Å². The third-order valence-electron chi connectivity index (χ3n) is 5.18. The van der Waals surface area contributed by atoms with Crippen LogP contribution in [0, 0.1) is 13.8 Å². The molecule has 1 fully saturated rings. The summed E-state index contributed by atoms with van der Waals surface area (Å²) in [5.74, 6) is 0.0853. The van der Waals surface area contributed by atoms with Crippen molar-refractivity contribution in [3.8, 4) is 0 Å². The van der Waals surface area contributed by atoms with Gasteiger partial charge in [-0.3, -0.25) is 4.79 Å². The van der Waals surface area contributed by atoms with Gasteiger partial charge in [0.25, 0.3) is 0 Å². The van der Waals surface area contributed by atoms with Crippen LogP contribution in [0.5, 0.6) is 0 Å². The van der Waals surface area contributed by atoms with Gasteiger partial charge in [0.1, 0.15) is 0 Å². The molecule has 144 valence electrons. The predicted molar refractivity (Wildman–Crippen MR) is 106 cm³/mol. The normalized spacial score (nSPS) is 15.7. The van der Waals surface area contributed by atoms with Crippen LogP contribution < -0.4 is 0 Å². The standard InChI is InChI=1S/C21H26N2O3S/c1-17-8-10-20(16-18(17)2)27(25,26)23-14-12-22(13-15-23)21(24)11-9-19-6-4-3-5-7-19/h3-8,10,16H,9,11-15H2,1-2H3. The van der Waals surface area contributed by atoms with Crippen molar-refractivity contribution in [2.24, 2.45) is 0 Å². The molecule has 0 bridgehead atoms. The monoisotopic (exact) mass is 386 g/mol. The Morgan fingerprint density at radius 1 is 0.926 bits per heavy atom. The van der Waals surface area contributed by atoms with Crippen molar-refractivity contribution in [2.45, 2.75) is 31.6 Å². The van der Waals surface area contributed by atoms with E-state index in [2.05, 4.69) is 0 Å².